The van der Waals surface area contributed by atoms with Crippen LogP contribution in [0.2, 0.25) is 0 Å². The minimum absolute atomic E-state index is 0.00508. The number of benzene rings is 3. The van der Waals surface area contributed by atoms with Crippen molar-refractivity contribution >= 4 is 5.91 Å². The van der Waals surface area contributed by atoms with Crippen LogP contribution < -0.4 is 0 Å². The van der Waals surface area contributed by atoms with Crippen molar-refractivity contribution in [3.63, 3.8) is 0 Å². The highest BCUT2D eigenvalue weighted by atomic mass is 16.4. The number of hydrogen-bond acceptors (Lipinski definition) is 4. The smallest absolute Gasteiger partial charge is 0.253 e. The van der Waals surface area contributed by atoms with Gasteiger partial charge in [0.25, 0.3) is 5.91 Å². The summed E-state index contributed by atoms with van der Waals surface area (Å²) >= 11 is 0. The fraction of sp³-hybridized carbons (Fsp3) is 0.192. The Morgan fingerprint density at radius 3 is 2.03 bits per heavy atom. The van der Waals surface area contributed by atoms with Gasteiger partial charge in [0, 0.05) is 30.3 Å². The van der Waals surface area contributed by atoms with Crippen molar-refractivity contribution < 1.29 is 9.21 Å². The number of hydrogen-bond donors (Lipinski definition) is 0. The van der Waals surface area contributed by atoms with Gasteiger partial charge in [-0.3, -0.25) is 4.79 Å². The van der Waals surface area contributed by atoms with Gasteiger partial charge in [0.2, 0.25) is 11.8 Å². The second kappa shape index (κ2) is 9.39. The molecule has 0 bridgehead atoms. The molecule has 0 aliphatic rings. The van der Waals surface area contributed by atoms with E-state index in [0.29, 0.717) is 23.9 Å². The monoisotopic (exact) mass is 411 g/mol. The second-order valence-corrected chi connectivity index (χ2v) is 7.67. The summed E-state index contributed by atoms with van der Waals surface area (Å²) in [5.41, 5.74) is 4.78. The topological polar surface area (TPSA) is 59.2 Å². The van der Waals surface area contributed by atoms with Crippen molar-refractivity contribution in [2.45, 2.75) is 19.8 Å². The van der Waals surface area contributed by atoms with Crippen LogP contribution in [0.25, 0.3) is 22.9 Å². The number of aryl methyl sites for hydroxylation is 2. The highest BCUT2D eigenvalue weighted by Crippen LogP contribution is 2.24. The van der Waals surface area contributed by atoms with Crippen LogP contribution in [0.5, 0.6) is 0 Å². The Morgan fingerprint density at radius 1 is 0.839 bits per heavy atom. The number of carbonyl (C=O) groups excluding carboxylic acids is 1. The zero-order valence-electron chi connectivity index (χ0n) is 17.8. The first-order chi connectivity index (χ1) is 15.1. The summed E-state index contributed by atoms with van der Waals surface area (Å²) in [6, 6.07) is 25.6. The van der Waals surface area contributed by atoms with E-state index >= 15 is 0 Å². The highest BCUT2D eigenvalue weighted by molar-refractivity contribution is 5.94. The van der Waals surface area contributed by atoms with Crippen LogP contribution in [0, 0.1) is 6.92 Å². The van der Waals surface area contributed by atoms with Gasteiger partial charge in [0.05, 0.1) is 0 Å². The summed E-state index contributed by atoms with van der Waals surface area (Å²) in [6.45, 7) is 2.74. The summed E-state index contributed by atoms with van der Waals surface area (Å²) in [5.74, 6) is 0.921. The maximum Gasteiger partial charge on any atom is 0.253 e. The standard InChI is InChI=1S/C26H25N3O2/c1-19-10-12-21(13-11-19)24-27-28-25(31-24)22-14-16-23(17-15-22)26(30)29(2)18-6-9-20-7-4-3-5-8-20/h3-5,7-8,10-17H,6,9,18H2,1-2H3. The molecule has 0 aliphatic heterocycles. The average molecular weight is 412 g/mol. The minimum Gasteiger partial charge on any atom is -0.416 e. The molecule has 31 heavy (non-hydrogen) atoms. The number of rotatable bonds is 7. The summed E-state index contributed by atoms with van der Waals surface area (Å²) in [6.07, 6.45) is 1.88. The van der Waals surface area contributed by atoms with Crippen LogP contribution in [0.4, 0.5) is 0 Å². The van der Waals surface area contributed by atoms with Gasteiger partial charge < -0.3 is 9.32 Å². The highest BCUT2D eigenvalue weighted by Gasteiger charge is 2.14. The van der Waals surface area contributed by atoms with E-state index in [9.17, 15) is 4.79 Å². The molecule has 0 spiro atoms. The molecule has 5 heteroatoms. The third kappa shape index (κ3) is 5.07. The van der Waals surface area contributed by atoms with Gasteiger partial charge in [-0.2, -0.15) is 0 Å². The Kier molecular flexibility index (Phi) is 6.22. The molecule has 0 saturated heterocycles. The Bertz CT molecular complexity index is 1130. The zero-order chi connectivity index (χ0) is 21.6. The van der Waals surface area contributed by atoms with Gasteiger partial charge in [0.1, 0.15) is 0 Å². The molecular formula is C26H25N3O2. The predicted molar refractivity (Wildman–Crippen MR) is 122 cm³/mol. The number of nitrogens with zero attached hydrogens (tertiary/aromatic N) is 3. The lowest BCUT2D eigenvalue weighted by Crippen LogP contribution is -2.28. The molecule has 1 aromatic heterocycles. The van der Waals surface area contributed by atoms with Crippen molar-refractivity contribution in [2.24, 2.45) is 0 Å². The molecule has 0 radical (unpaired) electrons. The molecule has 0 saturated carbocycles. The van der Waals surface area contributed by atoms with Gasteiger partial charge in [0.15, 0.2) is 0 Å². The maximum atomic E-state index is 12.7. The molecule has 1 amide bonds. The van der Waals surface area contributed by atoms with Gasteiger partial charge in [-0.15, -0.1) is 10.2 Å². The molecule has 0 N–H and O–H groups in total. The largest absolute Gasteiger partial charge is 0.416 e. The first-order valence-corrected chi connectivity index (χ1v) is 10.4. The van der Waals surface area contributed by atoms with Crippen LogP contribution >= 0.6 is 0 Å². The van der Waals surface area contributed by atoms with Crippen LogP contribution in [-0.4, -0.2) is 34.6 Å². The molecule has 3 aromatic carbocycles. The van der Waals surface area contributed by atoms with E-state index in [1.807, 2.05) is 68.6 Å². The Morgan fingerprint density at radius 2 is 1.42 bits per heavy atom. The zero-order valence-corrected chi connectivity index (χ0v) is 17.8. The third-order valence-electron chi connectivity index (χ3n) is 5.25. The van der Waals surface area contributed by atoms with E-state index < -0.39 is 0 Å². The summed E-state index contributed by atoms with van der Waals surface area (Å²) in [5, 5.41) is 8.30. The Labute approximate surface area is 182 Å². The quantitative estimate of drug-likeness (QED) is 0.408. The summed E-state index contributed by atoms with van der Waals surface area (Å²) in [4.78, 5) is 14.5. The fourth-order valence-electron chi connectivity index (χ4n) is 3.40. The van der Waals surface area contributed by atoms with Crippen molar-refractivity contribution in [3.05, 3.63) is 95.6 Å². The Hall–Kier alpha value is -3.73. The third-order valence-corrected chi connectivity index (χ3v) is 5.25. The normalized spacial score (nSPS) is 10.8. The van der Waals surface area contributed by atoms with Crippen molar-refractivity contribution in [1.82, 2.24) is 15.1 Å². The number of amides is 1. The number of aromatic nitrogens is 2. The van der Waals surface area contributed by atoms with Crippen molar-refractivity contribution in [1.29, 1.82) is 0 Å². The van der Waals surface area contributed by atoms with Crippen molar-refractivity contribution in [3.8, 4) is 22.9 Å². The molecule has 0 aliphatic carbocycles. The second-order valence-electron chi connectivity index (χ2n) is 7.67. The average Bonchev–Trinajstić information content (AvgIpc) is 3.30. The molecule has 0 unspecified atom stereocenters. The lowest BCUT2D eigenvalue weighted by Gasteiger charge is -2.17. The molecule has 4 rings (SSSR count). The summed E-state index contributed by atoms with van der Waals surface area (Å²) < 4.78 is 5.82. The van der Waals surface area contributed by atoms with E-state index in [0.717, 1.165) is 24.0 Å². The number of carbonyl (C=O) groups is 1. The minimum atomic E-state index is 0.00508. The van der Waals surface area contributed by atoms with Crippen LogP contribution in [0.15, 0.2) is 83.3 Å². The van der Waals surface area contributed by atoms with Crippen LogP contribution in [0.1, 0.15) is 27.9 Å². The first-order valence-electron chi connectivity index (χ1n) is 10.4. The molecule has 0 atom stereocenters. The molecule has 0 fully saturated rings. The van der Waals surface area contributed by atoms with E-state index in [1.165, 1.54) is 11.1 Å². The molecule has 1 heterocycles. The van der Waals surface area contributed by atoms with Crippen LogP contribution in [-0.2, 0) is 6.42 Å². The maximum absolute atomic E-state index is 12.7. The molecular weight excluding hydrogens is 386 g/mol. The predicted octanol–water partition coefficient (Wildman–Crippen LogP) is 5.42. The van der Waals surface area contributed by atoms with Gasteiger partial charge in [-0.05, 0) is 61.7 Å². The lowest BCUT2D eigenvalue weighted by atomic mass is 10.1. The van der Waals surface area contributed by atoms with Gasteiger partial charge in [-0.25, -0.2) is 0 Å². The van der Waals surface area contributed by atoms with Gasteiger partial charge >= 0.3 is 0 Å². The van der Waals surface area contributed by atoms with E-state index in [4.69, 9.17) is 4.42 Å². The fourth-order valence-corrected chi connectivity index (χ4v) is 3.40. The van der Waals surface area contributed by atoms with Gasteiger partial charge in [-0.1, -0.05) is 48.0 Å². The SMILES string of the molecule is Cc1ccc(-c2nnc(-c3ccc(C(=O)N(C)CCCc4ccccc4)cc3)o2)cc1. The van der Waals surface area contributed by atoms with E-state index in [-0.39, 0.29) is 5.91 Å². The van der Waals surface area contributed by atoms with Crippen molar-refractivity contribution in [2.75, 3.05) is 13.6 Å². The summed E-state index contributed by atoms with van der Waals surface area (Å²) in [7, 11) is 1.84. The first kappa shape index (κ1) is 20.5. The van der Waals surface area contributed by atoms with E-state index in [1.54, 1.807) is 17.0 Å². The van der Waals surface area contributed by atoms with Crippen LogP contribution in [0.3, 0.4) is 0 Å². The molecule has 4 aromatic rings. The molecule has 5 nitrogen and oxygen atoms in total. The lowest BCUT2D eigenvalue weighted by molar-refractivity contribution is 0.0793. The molecule has 156 valence electrons. The Balaban J connectivity index is 1.37. The van der Waals surface area contributed by atoms with E-state index in [2.05, 4.69) is 22.3 Å².